The van der Waals surface area contributed by atoms with Crippen LogP contribution in [-0.4, -0.2) is 6.04 Å². The Bertz CT molecular complexity index is 3910. The fraction of sp³-hybridized carbons (Fsp3) is 0.296. The highest BCUT2D eigenvalue weighted by Gasteiger charge is 2.46. The van der Waals surface area contributed by atoms with E-state index in [1.165, 1.54) is 88.4 Å². The van der Waals surface area contributed by atoms with E-state index in [2.05, 4.69) is 256 Å². The molecule has 3 nitrogen and oxygen atoms in total. The summed E-state index contributed by atoms with van der Waals surface area (Å²) < 4.78 is 7.00. The fourth-order valence-electron chi connectivity index (χ4n) is 13.9. The van der Waals surface area contributed by atoms with Gasteiger partial charge in [0.1, 0.15) is 11.2 Å². The second-order valence-electron chi connectivity index (χ2n) is 25.3. The molecule has 0 saturated carbocycles. The van der Waals surface area contributed by atoms with Gasteiger partial charge in [-0.15, -0.1) is 0 Å². The van der Waals surface area contributed by atoms with Crippen LogP contribution in [0.2, 0.25) is 0 Å². The van der Waals surface area contributed by atoms with Crippen molar-refractivity contribution in [1.82, 2.24) is 0 Å². The molecule has 3 heteroatoms. The van der Waals surface area contributed by atoms with Gasteiger partial charge in [0.15, 0.2) is 0 Å². The van der Waals surface area contributed by atoms with E-state index in [0.717, 1.165) is 52.6 Å². The van der Waals surface area contributed by atoms with Crippen molar-refractivity contribution in [2.75, 3.05) is 9.80 Å². The average molecular weight is 967 g/mol. The van der Waals surface area contributed by atoms with Crippen LogP contribution in [0.5, 0.6) is 0 Å². The van der Waals surface area contributed by atoms with Crippen molar-refractivity contribution in [2.45, 2.75) is 129 Å². The molecule has 3 atom stereocenters. The Hall–Kier alpha value is -7.10. The Kier molecular flexibility index (Phi) is 10.4. The van der Waals surface area contributed by atoms with Crippen molar-refractivity contribution in [3.63, 3.8) is 0 Å². The number of hydrogen-bond acceptors (Lipinski definition) is 3. The van der Waals surface area contributed by atoms with Gasteiger partial charge in [-0.2, -0.15) is 0 Å². The maximum absolute atomic E-state index is 7.00. The minimum absolute atomic E-state index is 0.00964. The first-order chi connectivity index (χ1) is 35.4. The molecule has 0 spiro atoms. The molecular formula is C71H70N2O. The molecule has 0 bridgehead atoms. The summed E-state index contributed by atoms with van der Waals surface area (Å²) in [6.45, 7) is 25.8. The molecular weight excluding hydrogens is 897 g/mol. The van der Waals surface area contributed by atoms with E-state index in [4.69, 9.17) is 4.42 Å². The number of allylic oxidation sites excluding steroid dienone is 8. The first-order valence-corrected chi connectivity index (χ1v) is 27.3. The molecule has 3 unspecified atom stereocenters. The third-order valence-corrected chi connectivity index (χ3v) is 18.1. The molecule has 13 rings (SSSR count). The molecule has 74 heavy (non-hydrogen) atoms. The molecule has 0 radical (unpaired) electrons. The van der Waals surface area contributed by atoms with Crippen molar-refractivity contribution in [2.24, 2.45) is 5.92 Å². The van der Waals surface area contributed by atoms with Gasteiger partial charge in [-0.25, -0.2) is 0 Å². The number of hydrogen-bond donors (Lipinski definition) is 0. The van der Waals surface area contributed by atoms with E-state index in [9.17, 15) is 0 Å². The lowest BCUT2D eigenvalue weighted by atomic mass is 9.74. The zero-order valence-corrected chi connectivity index (χ0v) is 45.3. The zero-order valence-electron chi connectivity index (χ0n) is 45.3. The Morgan fingerprint density at radius 1 is 0.622 bits per heavy atom. The Morgan fingerprint density at radius 2 is 1.27 bits per heavy atom. The van der Waals surface area contributed by atoms with E-state index in [-0.39, 0.29) is 27.7 Å². The summed E-state index contributed by atoms with van der Waals surface area (Å²) in [7, 11) is 0. The van der Waals surface area contributed by atoms with E-state index in [1.807, 2.05) is 0 Å². The third kappa shape index (κ3) is 7.12. The highest BCUT2D eigenvalue weighted by Crippen LogP contribution is 2.58. The van der Waals surface area contributed by atoms with Crippen molar-refractivity contribution in [3.8, 4) is 0 Å². The number of nitrogens with zero attached hydrogens (tertiary/aromatic N) is 2. The highest BCUT2D eigenvalue weighted by atomic mass is 16.3. The lowest BCUT2D eigenvalue weighted by molar-refractivity contribution is 0.394. The molecule has 7 aromatic carbocycles. The summed E-state index contributed by atoms with van der Waals surface area (Å²) in [6, 6.07) is 49.3. The largest absolute Gasteiger partial charge is 0.456 e. The summed E-state index contributed by atoms with van der Waals surface area (Å²) in [4.78, 5) is 5.18. The van der Waals surface area contributed by atoms with Crippen LogP contribution in [0.15, 0.2) is 174 Å². The molecule has 0 amide bonds. The van der Waals surface area contributed by atoms with Crippen molar-refractivity contribution in [1.29, 1.82) is 0 Å². The summed E-state index contributed by atoms with van der Waals surface area (Å²) in [5.74, 6) is 0.714. The van der Waals surface area contributed by atoms with E-state index < -0.39 is 0 Å². The van der Waals surface area contributed by atoms with Crippen LogP contribution in [-0.2, 0) is 21.7 Å². The maximum atomic E-state index is 7.00. The second-order valence-corrected chi connectivity index (χ2v) is 25.3. The van der Waals surface area contributed by atoms with Crippen LogP contribution in [0, 0.1) is 5.92 Å². The molecule has 8 aromatic rings. The number of anilines is 5. The van der Waals surface area contributed by atoms with E-state index >= 15 is 0 Å². The maximum Gasteiger partial charge on any atom is 0.136 e. The molecule has 1 heterocycles. The molecule has 0 aliphatic heterocycles. The van der Waals surface area contributed by atoms with Crippen LogP contribution in [0.1, 0.15) is 135 Å². The summed E-state index contributed by atoms with van der Waals surface area (Å²) >= 11 is 0. The molecule has 1 aromatic heterocycles. The normalized spacial score (nSPS) is 20.1. The van der Waals surface area contributed by atoms with Gasteiger partial charge in [0.05, 0.1) is 11.7 Å². The van der Waals surface area contributed by atoms with Gasteiger partial charge < -0.3 is 14.2 Å². The molecule has 0 N–H and O–H groups in total. The van der Waals surface area contributed by atoms with Crippen molar-refractivity contribution in [3.05, 3.63) is 213 Å². The smallest absolute Gasteiger partial charge is 0.136 e. The monoisotopic (exact) mass is 967 g/mol. The van der Waals surface area contributed by atoms with Gasteiger partial charge in [-0.1, -0.05) is 166 Å². The van der Waals surface area contributed by atoms with Gasteiger partial charge in [0.2, 0.25) is 0 Å². The Balaban J connectivity index is 0.937. The Labute approximate surface area is 438 Å². The SMILES string of the molecule is CC1=c2cc3oc4cc5cc(N(c6ccc(C(C)(C)C)cc6)c6cccc7c6C6C=CC=CC6C7(C)C)ccc5cc4c3cc2=CCC1N(c1ccc(C(C)(C)C)cc1)c1cccc2c1C1=C(C=CCC1)C2(C)C. The summed E-state index contributed by atoms with van der Waals surface area (Å²) in [5, 5.41) is 7.24. The van der Waals surface area contributed by atoms with Gasteiger partial charge in [-0.3, -0.25) is 0 Å². The third-order valence-electron chi connectivity index (χ3n) is 18.1. The van der Waals surface area contributed by atoms with Gasteiger partial charge in [0.25, 0.3) is 0 Å². The number of benzene rings is 7. The molecule has 5 aliphatic rings. The summed E-state index contributed by atoms with van der Waals surface area (Å²) in [6.07, 6.45) is 19.7. The lowest BCUT2D eigenvalue weighted by Gasteiger charge is -2.37. The first kappa shape index (κ1) is 46.7. The Morgan fingerprint density at radius 3 is 2.00 bits per heavy atom. The molecule has 0 fully saturated rings. The van der Waals surface area contributed by atoms with Crippen LogP contribution < -0.4 is 20.2 Å². The van der Waals surface area contributed by atoms with E-state index in [0.29, 0.717) is 11.8 Å². The molecule has 0 saturated heterocycles. The predicted molar refractivity (Wildman–Crippen MR) is 315 cm³/mol. The van der Waals surface area contributed by atoms with Gasteiger partial charge >= 0.3 is 0 Å². The fourth-order valence-corrected chi connectivity index (χ4v) is 13.9. The van der Waals surface area contributed by atoms with Crippen LogP contribution >= 0.6 is 0 Å². The predicted octanol–water partition coefficient (Wildman–Crippen LogP) is 17.9. The zero-order chi connectivity index (χ0) is 51.2. The topological polar surface area (TPSA) is 19.6 Å². The van der Waals surface area contributed by atoms with Crippen LogP contribution in [0.3, 0.4) is 0 Å². The minimum Gasteiger partial charge on any atom is -0.456 e. The second kappa shape index (κ2) is 16.4. The van der Waals surface area contributed by atoms with Crippen molar-refractivity contribution < 1.29 is 4.42 Å². The average Bonchev–Trinajstić information content (AvgIpc) is 3.95. The summed E-state index contributed by atoms with van der Waals surface area (Å²) in [5.41, 5.74) is 20.8. The highest BCUT2D eigenvalue weighted by molar-refractivity contribution is 6.11. The van der Waals surface area contributed by atoms with Gasteiger partial charge in [0, 0.05) is 50.4 Å². The quantitative estimate of drug-likeness (QED) is 0.166. The van der Waals surface area contributed by atoms with Crippen LogP contribution in [0.25, 0.3) is 49.9 Å². The number of rotatable bonds is 6. The first-order valence-electron chi connectivity index (χ1n) is 27.3. The van der Waals surface area contributed by atoms with Crippen molar-refractivity contribution >= 4 is 78.4 Å². The number of fused-ring (bicyclic) bond motifs is 10. The lowest BCUT2D eigenvalue weighted by Crippen LogP contribution is -2.41. The minimum atomic E-state index is -0.0473. The molecule has 370 valence electrons. The van der Waals surface area contributed by atoms with Gasteiger partial charge in [-0.05, 0) is 187 Å². The molecule has 5 aliphatic carbocycles. The standard InChI is InChI=1S/C71H70N2O/c1-43-54-42-65-56(40-45(54)27-37-61(43)73(50-35-30-48(31-36-50)69(5,6)7)63-25-17-23-60-67(63)53-19-13-15-21-58(53)71(60,10)11)55-39-44-26-32-51(38-46(44)41-64(55)74-65)72(49-33-28-47(29-34-49)68(2,3)4)62-24-16-22-59-66(62)52-18-12-14-20-57(52)70(59,8)9/h12,14-18,20-36,38-42,52,57,61H,13,19,37H2,1-11H3. The number of furan rings is 1. The van der Waals surface area contributed by atoms with Crippen LogP contribution in [0.4, 0.5) is 28.4 Å². The van der Waals surface area contributed by atoms with E-state index in [1.54, 1.807) is 0 Å².